The number of methoxy groups -OCH3 is 5. The summed E-state index contributed by atoms with van der Waals surface area (Å²) in [5, 5.41) is 0.916. The van der Waals surface area contributed by atoms with E-state index < -0.39 is 30.1 Å². The molecule has 0 aromatic heterocycles. The largest absolute Gasteiger partial charge is 0.493 e. The van der Waals surface area contributed by atoms with Crippen molar-refractivity contribution in [3.8, 4) is 39.9 Å². The van der Waals surface area contributed by atoms with Gasteiger partial charge in [-0.25, -0.2) is 14.4 Å². The Labute approximate surface area is 228 Å². The number of fused-ring (bicyclic) bond motifs is 3. The molecule has 2 atom stereocenters. The van der Waals surface area contributed by atoms with E-state index in [0.717, 1.165) is 7.11 Å². The summed E-state index contributed by atoms with van der Waals surface area (Å²) >= 11 is 0. The minimum absolute atomic E-state index is 0.0352. The Balaban J connectivity index is 1.75. The molecule has 0 amide bonds. The number of carbonyl (C=O) groups is 3. The summed E-state index contributed by atoms with van der Waals surface area (Å²) in [4.78, 5) is 38.8. The Kier molecular flexibility index (Phi) is 7.37. The fourth-order valence-corrected chi connectivity index (χ4v) is 4.84. The van der Waals surface area contributed by atoms with Gasteiger partial charge in [-0.2, -0.15) is 0 Å². The number of ether oxygens (including phenoxy) is 9. The third kappa shape index (κ3) is 4.40. The Morgan fingerprint density at radius 2 is 1.43 bits per heavy atom. The minimum atomic E-state index is -1.48. The van der Waals surface area contributed by atoms with Crippen LogP contribution in [-0.2, 0) is 35.1 Å². The first-order valence-corrected chi connectivity index (χ1v) is 12.0. The lowest BCUT2D eigenvalue weighted by Crippen LogP contribution is -2.45. The molecule has 2 heterocycles. The molecule has 0 aliphatic carbocycles. The van der Waals surface area contributed by atoms with Crippen molar-refractivity contribution in [2.75, 3.05) is 42.3 Å². The van der Waals surface area contributed by atoms with Crippen LogP contribution in [0.5, 0.6) is 28.7 Å². The van der Waals surface area contributed by atoms with Crippen LogP contribution in [0, 0.1) is 0 Å². The van der Waals surface area contributed by atoms with Crippen LogP contribution in [0.2, 0.25) is 0 Å². The molecule has 5 rings (SSSR count). The average molecular weight is 555 g/mol. The first kappa shape index (κ1) is 27.0. The van der Waals surface area contributed by atoms with Crippen molar-refractivity contribution in [2.24, 2.45) is 0 Å². The van der Waals surface area contributed by atoms with Gasteiger partial charge in [0.1, 0.15) is 12.4 Å². The van der Waals surface area contributed by atoms with E-state index >= 15 is 0 Å². The van der Waals surface area contributed by atoms with E-state index in [1.54, 1.807) is 30.3 Å². The Hall–Kier alpha value is -4.55. The van der Waals surface area contributed by atoms with Crippen LogP contribution in [0.15, 0.2) is 30.3 Å². The molecule has 0 bridgehead atoms. The minimum Gasteiger partial charge on any atom is -0.493 e. The number of rotatable bonds is 9. The normalized spacial score (nSPS) is 14.8. The van der Waals surface area contributed by atoms with Gasteiger partial charge in [0, 0.05) is 30.7 Å². The zero-order valence-electron chi connectivity index (χ0n) is 22.4. The van der Waals surface area contributed by atoms with Crippen molar-refractivity contribution in [1.29, 1.82) is 0 Å². The number of hydrogen-bond acceptors (Lipinski definition) is 12. The second-order valence-corrected chi connectivity index (χ2v) is 8.71. The molecule has 0 saturated heterocycles. The number of carbonyl (C=O) groups excluding carboxylic acids is 3. The van der Waals surface area contributed by atoms with Crippen LogP contribution in [-0.4, -0.2) is 72.5 Å². The van der Waals surface area contributed by atoms with Crippen molar-refractivity contribution < 1.29 is 57.0 Å². The van der Waals surface area contributed by atoms with E-state index in [1.165, 1.54) is 28.4 Å². The van der Waals surface area contributed by atoms with E-state index in [4.69, 9.17) is 42.6 Å². The molecule has 0 N–H and O–H groups in total. The van der Waals surface area contributed by atoms with Gasteiger partial charge in [-0.05, 0) is 35.2 Å². The molecule has 12 nitrogen and oxygen atoms in total. The number of benzene rings is 3. The highest BCUT2D eigenvalue weighted by atomic mass is 16.7. The van der Waals surface area contributed by atoms with Crippen LogP contribution in [0.1, 0.15) is 15.9 Å². The van der Waals surface area contributed by atoms with Crippen molar-refractivity contribution in [1.82, 2.24) is 0 Å². The molecule has 2 aliphatic heterocycles. The molecule has 210 valence electrons. The summed E-state index contributed by atoms with van der Waals surface area (Å²) in [5.74, 6) is -0.545. The van der Waals surface area contributed by atoms with Gasteiger partial charge in [0.15, 0.2) is 35.2 Å². The molecule has 0 spiro atoms. The standard InChI is InChI=1S/C28H26O12/c1-32-18-9-14-15(10-19(18)33-2)23(40-28(31)25(35-4)24(34-3)27(30)36-5)16-11-37-26(29)22(16)21(14)13-6-7-17-20(8-13)39-12-38-17/h6-10,24-25H,11-12H2,1-5H3. The molecular weight excluding hydrogens is 528 g/mol. The molecule has 3 aromatic rings. The van der Waals surface area contributed by atoms with Gasteiger partial charge in [-0.3, -0.25) is 0 Å². The van der Waals surface area contributed by atoms with E-state index in [-0.39, 0.29) is 24.7 Å². The molecule has 0 fully saturated rings. The Morgan fingerprint density at radius 3 is 2.08 bits per heavy atom. The summed E-state index contributed by atoms with van der Waals surface area (Å²) < 4.78 is 48.5. The second-order valence-electron chi connectivity index (χ2n) is 8.71. The zero-order chi connectivity index (χ0) is 28.6. The topological polar surface area (TPSA) is 134 Å². The first-order chi connectivity index (χ1) is 19.4. The van der Waals surface area contributed by atoms with Gasteiger partial charge < -0.3 is 42.6 Å². The zero-order valence-corrected chi connectivity index (χ0v) is 22.4. The highest BCUT2D eigenvalue weighted by molar-refractivity contribution is 6.14. The van der Waals surface area contributed by atoms with Crippen molar-refractivity contribution in [3.05, 3.63) is 41.5 Å². The predicted molar refractivity (Wildman–Crippen MR) is 137 cm³/mol. The summed E-state index contributed by atoms with van der Waals surface area (Å²) in [5.41, 5.74) is 1.67. The molecule has 40 heavy (non-hydrogen) atoms. The Morgan fingerprint density at radius 1 is 0.775 bits per heavy atom. The lowest BCUT2D eigenvalue weighted by atomic mass is 9.89. The van der Waals surface area contributed by atoms with Gasteiger partial charge in [-0.1, -0.05) is 6.07 Å². The molecule has 0 radical (unpaired) electrons. The van der Waals surface area contributed by atoms with Gasteiger partial charge in [0.2, 0.25) is 6.79 Å². The highest BCUT2D eigenvalue weighted by Gasteiger charge is 2.39. The first-order valence-electron chi connectivity index (χ1n) is 12.0. The van der Waals surface area contributed by atoms with E-state index in [0.29, 0.717) is 50.5 Å². The quantitative estimate of drug-likeness (QED) is 0.284. The molecule has 2 unspecified atom stereocenters. The smallest absolute Gasteiger partial charge is 0.344 e. The second kappa shape index (κ2) is 10.9. The fraction of sp³-hybridized carbons (Fsp3) is 0.321. The maximum atomic E-state index is 13.4. The summed E-state index contributed by atoms with van der Waals surface area (Å²) in [7, 11) is 6.57. The van der Waals surface area contributed by atoms with Crippen LogP contribution >= 0.6 is 0 Å². The van der Waals surface area contributed by atoms with Gasteiger partial charge in [0.25, 0.3) is 0 Å². The van der Waals surface area contributed by atoms with E-state index in [9.17, 15) is 14.4 Å². The van der Waals surface area contributed by atoms with Crippen molar-refractivity contribution in [3.63, 3.8) is 0 Å². The van der Waals surface area contributed by atoms with Gasteiger partial charge in [-0.15, -0.1) is 0 Å². The van der Waals surface area contributed by atoms with Crippen LogP contribution in [0.4, 0.5) is 0 Å². The third-order valence-corrected chi connectivity index (χ3v) is 6.73. The van der Waals surface area contributed by atoms with Crippen molar-refractivity contribution in [2.45, 2.75) is 18.8 Å². The predicted octanol–water partition coefficient (Wildman–Crippen LogP) is 3.03. The summed E-state index contributed by atoms with van der Waals surface area (Å²) in [6, 6.07) is 8.60. The maximum Gasteiger partial charge on any atom is 0.344 e. The number of cyclic esters (lactones) is 1. The SMILES string of the molecule is COC(=O)C(OC)C(OC)C(=O)Oc1c2c(c(-c3ccc4c(c3)OCO4)c3cc(OC)c(OC)cc13)C(=O)OC2. The highest BCUT2D eigenvalue weighted by Crippen LogP contribution is 2.49. The van der Waals surface area contributed by atoms with E-state index in [1.807, 2.05) is 0 Å². The van der Waals surface area contributed by atoms with Crippen LogP contribution < -0.4 is 23.7 Å². The molecule has 3 aromatic carbocycles. The molecule has 0 saturated carbocycles. The fourth-order valence-electron chi connectivity index (χ4n) is 4.84. The van der Waals surface area contributed by atoms with Gasteiger partial charge >= 0.3 is 17.9 Å². The average Bonchev–Trinajstić information content (AvgIpc) is 3.60. The third-order valence-electron chi connectivity index (χ3n) is 6.73. The number of esters is 3. The van der Waals surface area contributed by atoms with Crippen LogP contribution in [0.3, 0.4) is 0 Å². The van der Waals surface area contributed by atoms with Crippen LogP contribution in [0.25, 0.3) is 21.9 Å². The van der Waals surface area contributed by atoms with Gasteiger partial charge in [0.05, 0.1) is 26.9 Å². The van der Waals surface area contributed by atoms with Crippen molar-refractivity contribution >= 4 is 28.7 Å². The molecular formula is C28H26O12. The summed E-state index contributed by atoms with van der Waals surface area (Å²) in [6.07, 6.45) is -2.88. The lowest BCUT2D eigenvalue weighted by Gasteiger charge is -2.23. The lowest BCUT2D eigenvalue weighted by molar-refractivity contribution is -0.171. The maximum absolute atomic E-state index is 13.4. The molecule has 2 aliphatic rings. The van der Waals surface area contributed by atoms with E-state index in [2.05, 4.69) is 0 Å². The Bertz CT molecular complexity index is 1510. The summed E-state index contributed by atoms with van der Waals surface area (Å²) in [6.45, 7) is -0.0880. The monoisotopic (exact) mass is 554 g/mol. The molecule has 12 heteroatoms. The number of hydrogen-bond donors (Lipinski definition) is 0.